The van der Waals surface area contributed by atoms with Gasteiger partial charge in [0.2, 0.25) is 5.82 Å². The lowest BCUT2D eigenvalue weighted by Crippen LogP contribution is -2.08. The molecule has 3 heterocycles. The molecule has 5 rings (SSSR count). The number of rotatable bonds is 7. The maximum Gasteiger partial charge on any atom is 0.205 e. The normalized spacial score (nSPS) is 11.0. The summed E-state index contributed by atoms with van der Waals surface area (Å²) in [5, 5.41) is 24.6. The maximum atomic E-state index is 10.1. The van der Waals surface area contributed by atoms with Crippen molar-refractivity contribution >= 4 is 0 Å². The van der Waals surface area contributed by atoms with Crippen LogP contribution >= 0.6 is 0 Å². The number of nitrogens with zero attached hydrogens (tertiary/aromatic N) is 7. The van der Waals surface area contributed by atoms with Gasteiger partial charge in [0.1, 0.15) is 11.9 Å². The van der Waals surface area contributed by atoms with Gasteiger partial charge in [0, 0.05) is 23.4 Å². The molecule has 8 heteroatoms. The predicted octanol–water partition coefficient (Wildman–Crippen LogP) is 5.01. The van der Waals surface area contributed by atoms with E-state index in [1.54, 1.807) is 0 Å². The number of hydrogen-bond donors (Lipinski definition) is 1. The third-order valence-electron chi connectivity index (χ3n) is 6.21. The molecule has 0 fully saturated rings. The summed E-state index contributed by atoms with van der Waals surface area (Å²) < 4.78 is 4.12. The summed E-state index contributed by atoms with van der Waals surface area (Å²) in [5.74, 6) is 2.20. The molecule has 8 nitrogen and oxygen atoms in total. The molecule has 3 aromatic heterocycles. The van der Waals surface area contributed by atoms with Gasteiger partial charge in [0.15, 0.2) is 11.5 Å². The zero-order chi connectivity index (χ0) is 24.4. The van der Waals surface area contributed by atoms with E-state index < -0.39 is 0 Å². The van der Waals surface area contributed by atoms with Crippen molar-refractivity contribution in [3.63, 3.8) is 0 Å². The van der Waals surface area contributed by atoms with E-state index in [2.05, 4.69) is 85.2 Å². The van der Waals surface area contributed by atoms with Crippen LogP contribution < -0.4 is 0 Å². The Kier molecular flexibility index (Phi) is 5.98. The van der Waals surface area contributed by atoms with Crippen LogP contribution in [0.1, 0.15) is 41.8 Å². The average Bonchev–Trinajstić information content (AvgIpc) is 3.60. The highest BCUT2D eigenvalue weighted by Gasteiger charge is 2.20. The fourth-order valence-corrected chi connectivity index (χ4v) is 4.52. The number of H-pyrrole nitrogens is 1. The van der Waals surface area contributed by atoms with Crippen LogP contribution in [-0.2, 0) is 13.0 Å². The maximum absolute atomic E-state index is 10.1. The van der Waals surface area contributed by atoms with Crippen molar-refractivity contribution in [2.45, 2.75) is 40.2 Å². The first-order valence-electron chi connectivity index (χ1n) is 11.7. The fraction of sp³-hybridized carbons (Fsp3) is 0.222. The molecule has 0 saturated carbocycles. The highest BCUT2D eigenvalue weighted by molar-refractivity contribution is 5.80. The van der Waals surface area contributed by atoms with E-state index in [0.717, 1.165) is 52.3 Å². The second kappa shape index (κ2) is 9.39. The molecule has 1 N–H and O–H groups in total. The number of nitrogens with one attached hydrogen (secondary N) is 1. The molecule has 0 aliphatic heterocycles. The van der Waals surface area contributed by atoms with Crippen molar-refractivity contribution in [1.29, 1.82) is 5.26 Å². The lowest BCUT2D eigenvalue weighted by atomic mass is 9.98. The molecule has 5 aromatic rings. The minimum atomic E-state index is 0.564. The number of aromatic nitrogens is 7. The lowest BCUT2D eigenvalue weighted by molar-refractivity contribution is 0.699. The van der Waals surface area contributed by atoms with Gasteiger partial charge in [-0.15, -0.1) is 10.2 Å². The van der Waals surface area contributed by atoms with Crippen LogP contribution in [0.4, 0.5) is 0 Å². The highest BCUT2D eigenvalue weighted by atomic mass is 15.5. The van der Waals surface area contributed by atoms with Gasteiger partial charge >= 0.3 is 0 Å². The Morgan fingerprint density at radius 2 is 1.66 bits per heavy atom. The van der Waals surface area contributed by atoms with E-state index >= 15 is 0 Å². The van der Waals surface area contributed by atoms with E-state index in [0.29, 0.717) is 23.9 Å². The van der Waals surface area contributed by atoms with E-state index in [1.165, 1.54) is 0 Å². The molecule has 0 saturated heterocycles. The van der Waals surface area contributed by atoms with E-state index in [1.807, 2.05) is 32.0 Å². The molecule has 0 aliphatic carbocycles. The third-order valence-corrected chi connectivity index (χ3v) is 6.21. The topological polar surface area (TPSA) is 101 Å². The molecule has 0 radical (unpaired) electrons. The summed E-state index contributed by atoms with van der Waals surface area (Å²) in [5.41, 5.74) is 6.84. The van der Waals surface area contributed by atoms with Crippen LogP contribution in [0, 0.1) is 25.2 Å². The first-order chi connectivity index (χ1) is 17.1. The first-order valence-corrected chi connectivity index (χ1v) is 11.7. The summed E-state index contributed by atoms with van der Waals surface area (Å²) in [6.07, 6.45) is 1.76. The number of aryl methyl sites for hydroxylation is 3. The molecule has 0 amide bonds. The predicted molar refractivity (Wildman–Crippen MR) is 134 cm³/mol. The average molecular weight is 463 g/mol. The van der Waals surface area contributed by atoms with E-state index in [-0.39, 0.29) is 0 Å². The van der Waals surface area contributed by atoms with Gasteiger partial charge in [-0.25, -0.2) is 4.98 Å². The summed E-state index contributed by atoms with van der Waals surface area (Å²) in [6, 6.07) is 22.9. The Labute approximate surface area is 203 Å². The summed E-state index contributed by atoms with van der Waals surface area (Å²) in [6.45, 7) is 6.79. The molecule has 0 bridgehead atoms. The highest BCUT2D eigenvalue weighted by Crippen LogP contribution is 2.30. The van der Waals surface area contributed by atoms with Gasteiger partial charge in [0.25, 0.3) is 0 Å². The Hall–Kier alpha value is -4.51. The summed E-state index contributed by atoms with van der Waals surface area (Å²) in [7, 11) is 0. The van der Waals surface area contributed by atoms with Crippen LogP contribution in [-0.4, -0.2) is 34.7 Å². The number of nitriles is 1. The molecule has 2 aromatic carbocycles. The Morgan fingerprint density at radius 1 is 0.943 bits per heavy atom. The van der Waals surface area contributed by atoms with Gasteiger partial charge in [-0.05, 0) is 54.3 Å². The van der Waals surface area contributed by atoms with Crippen LogP contribution in [0.15, 0.2) is 60.7 Å². The number of tetrazole rings is 1. The molecule has 174 valence electrons. The summed E-state index contributed by atoms with van der Waals surface area (Å²) in [4.78, 5) is 4.92. The molecule has 0 unspecified atom stereocenters. The quantitative estimate of drug-likeness (QED) is 0.366. The largest absolute Gasteiger partial charge is 0.313 e. The minimum Gasteiger partial charge on any atom is -0.313 e. The van der Waals surface area contributed by atoms with Crippen LogP contribution in [0.5, 0.6) is 0 Å². The molecular formula is C27H26N8. The van der Waals surface area contributed by atoms with Crippen molar-refractivity contribution in [3.05, 3.63) is 89.1 Å². The van der Waals surface area contributed by atoms with Crippen LogP contribution in [0.2, 0.25) is 0 Å². The van der Waals surface area contributed by atoms with Gasteiger partial charge in [-0.1, -0.05) is 55.5 Å². The van der Waals surface area contributed by atoms with Crippen molar-refractivity contribution in [2.75, 3.05) is 0 Å². The second-order valence-electron chi connectivity index (χ2n) is 8.58. The summed E-state index contributed by atoms with van der Waals surface area (Å²) >= 11 is 0. The van der Waals surface area contributed by atoms with Crippen molar-refractivity contribution < 1.29 is 0 Å². The third kappa shape index (κ3) is 4.13. The Morgan fingerprint density at radius 3 is 2.29 bits per heavy atom. The first kappa shape index (κ1) is 22.3. The molecular weight excluding hydrogens is 436 g/mol. The standard InChI is InChI=1S/C27H26N8/c1-4-7-25-29-27(35-18(2)10-11-19(35)3)24(16-28)34(25)17-20-12-14-21(15-13-20)22-8-5-6-9-23(22)26-30-32-33-31-26/h5-6,8-15H,4,7,17H2,1-3H3,(H,30,31,32,33). The van der Waals surface area contributed by atoms with Crippen molar-refractivity contribution in [2.24, 2.45) is 0 Å². The van der Waals surface area contributed by atoms with Gasteiger partial charge in [-0.2, -0.15) is 10.5 Å². The zero-order valence-corrected chi connectivity index (χ0v) is 20.0. The molecule has 0 spiro atoms. The second-order valence-corrected chi connectivity index (χ2v) is 8.58. The SMILES string of the molecule is CCCc1nc(-n2c(C)ccc2C)c(C#N)n1Cc1ccc(-c2ccccc2-c2nn[nH]n2)cc1. The monoisotopic (exact) mass is 462 g/mol. The molecule has 0 atom stereocenters. The lowest BCUT2D eigenvalue weighted by Gasteiger charge is -2.11. The fourth-order valence-electron chi connectivity index (χ4n) is 4.52. The zero-order valence-electron chi connectivity index (χ0n) is 20.0. The Balaban J connectivity index is 1.51. The molecule has 0 aliphatic rings. The van der Waals surface area contributed by atoms with Gasteiger partial charge in [0.05, 0.1) is 6.54 Å². The van der Waals surface area contributed by atoms with E-state index in [9.17, 15) is 5.26 Å². The number of hydrogen-bond acceptors (Lipinski definition) is 5. The smallest absolute Gasteiger partial charge is 0.205 e. The number of imidazole rings is 1. The van der Waals surface area contributed by atoms with Crippen molar-refractivity contribution in [1.82, 2.24) is 34.7 Å². The number of aromatic amines is 1. The van der Waals surface area contributed by atoms with Gasteiger partial charge < -0.3 is 9.13 Å². The van der Waals surface area contributed by atoms with Gasteiger partial charge in [-0.3, -0.25) is 0 Å². The van der Waals surface area contributed by atoms with E-state index in [4.69, 9.17) is 4.98 Å². The van der Waals surface area contributed by atoms with Crippen LogP contribution in [0.3, 0.4) is 0 Å². The van der Waals surface area contributed by atoms with Crippen LogP contribution in [0.25, 0.3) is 28.3 Å². The number of benzene rings is 2. The minimum absolute atomic E-state index is 0.564. The Bertz CT molecular complexity index is 1480. The molecule has 35 heavy (non-hydrogen) atoms. The van der Waals surface area contributed by atoms with Crippen molar-refractivity contribution in [3.8, 4) is 34.4 Å².